The van der Waals surface area contributed by atoms with Crippen LogP contribution in [-0.2, 0) is 7.05 Å². The number of carbonyl (C=O) groups excluding carboxylic acids is 1. The minimum absolute atomic E-state index is 0.0551. The Balaban J connectivity index is 2.13. The van der Waals surface area contributed by atoms with Crippen molar-refractivity contribution >= 4 is 5.91 Å². The second kappa shape index (κ2) is 4.83. The first-order valence-electron chi connectivity index (χ1n) is 5.99. The number of rotatable bonds is 2. The highest BCUT2D eigenvalue weighted by molar-refractivity contribution is 5.92. The molecule has 2 heterocycles. The van der Waals surface area contributed by atoms with E-state index in [4.69, 9.17) is 5.73 Å². The molecule has 1 amide bonds. The number of hydrogen-bond donors (Lipinski definition) is 1. The van der Waals surface area contributed by atoms with Gasteiger partial charge in [-0.3, -0.25) is 4.79 Å². The molecule has 1 saturated heterocycles. The van der Waals surface area contributed by atoms with Gasteiger partial charge in [0.2, 0.25) is 0 Å². The first-order chi connectivity index (χ1) is 8.11. The van der Waals surface area contributed by atoms with Gasteiger partial charge in [0.05, 0.1) is 6.20 Å². The minimum Gasteiger partial charge on any atom is -0.333 e. The van der Waals surface area contributed by atoms with Crippen molar-refractivity contribution in [2.45, 2.75) is 25.8 Å². The van der Waals surface area contributed by atoms with Crippen molar-refractivity contribution in [3.63, 3.8) is 0 Å². The van der Waals surface area contributed by atoms with E-state index in [0.29, 0.717) is 18.2 Å². The van der Waals surface area contributed by atoms with Crippen LogP contribution in [0.4, 0.5) is 0 Å². The number of piperidine rings is 1. The lowest BCUT2D eigenvalue weighted by atomic mass is 9.92. The van der Waals surface area contributed by atoms with E-state index in [0.717, 1.165) is 19.4 Å². The monoisotopic (exact) mass is 237 g/mol. The fourth-order valence-electron chi connectivity index (χ4n) is 2.33. The SMILES string of the molecule is CC1CCN(C(=O)c2cnn(C)n2)C(CN)C1. The number of aromatic nitrogens is 3. The van der Waals surface area contributed by atoms with E-state index in [1.54, 1.807) is 7.05 Å². The van der Waals surface area contributed by atoms with Crippen LogP contribution in [0.3, 0.4) is 0 Å². The molecule has 1 aromatic heterocycles. The van der Waals surface area contributed by atoms with Crippen LogP contribution in [-0.4, -0.2) is 44.9 Å². The summed E-state index contributed by atoms with van der Waals surface area (Å²) >= 11 is 0. The van der Waals surface area contributed by atoms with E-state index < -0.39 is 0 Å². The molecule has 6 heteroatoms. The van der Waals surface area contributed by atoms with Gasteiger partial charge in [-0.05, 0) is 18.8 Å². The van der Waals surface area contributed by atoms with Gasteiger partial charge in [0, 0.05) is 26.2 Å². The average molecular weight is 237 g/mol. The van der Waals surface area contributed by atoms with Crippen LogP contribution < -0.4 is 5.73 Å². The molecule has 0 bridgehead atoms. The smallest absolute Gasteiger partial charge is 0.276 e. The molecule has 0 aliphatic carbocycles. The summed E-state index contributed by atoms with van der Waals surface area (Å²) in [5.74, 6) is 0.579. The van der Waals surface area contributed by atoms with Crippen LogP contribution in [0, 0.1) is 5.92 Å². The van der Waals surface area contributed by atoms with Crippen LogP contribution >= 0.6 is 0 Å². The first-order valence-corrected chi connectivity index (χ1v) is 5.99. The van der Waals surface area contributed by atoms with E-state index in [9.17, 15) is 4.79 Å². The zero-order chi connectivity index (χ0) is 12.4. The summed E-state index contributed by atoms with van der Waals surface area (Å²) in [5, 5.41) is 7.97. The first kappa shape index (κ1) is 12.0. The Bertz CT molecular complexity index is 402. The number of amides is 1. The molecule has 0 saturated carbocycles. The third-order valence-electron chi connectivity index (χ3n) is 3.33. The highest BCUT2D eigenvalue weighted by Crippen LogP contribution is 2.23. The molecule has 2 atom stereocenters. The van der Waals surface area contributed by atoms with Gasteiger partial charge in [0.1, 0.15) is 0 Å². The lowest BCUT2D eigenvalue weighted by Crippen LogP contribution is -2.49. The van der Waals surface area contributed by atoms with E-state index in [2.05, 4.69) is 17.1 Å². The Morgan fingerprint density at radius 3 is 3.00 bits per heavy atom. The molecule has 2 rings (SSSR count). The molecule has 2 N–H and O–H groups in total. The Kier molecular flexibility index (Phi) is 3.42. The maximum absolute atomic E-state index is 12.2. The lowest BCUT2D eigenvalue weighted by molar-refractivity contribution is 0.0567. The normalized spacial score (nSPS) is 25.0. The van der Waals surface area contributed by atoms with Crippen molar-refractivity contribution in [2.75, 3.05) is 13.1 Å². The Labute approximate surface area is 101 Å². The zero-order valence-corrected chi connectivity index (χ0v) is 10.3. The largest absolute Gasteiger partial charge is 0.333 e. The summed E-state index contributed by atoms with van der Waals surface area (Å²) in [5.41, 5.74) is 6.15. The molecule has 17 heavy (non-hydrogen) atoms. The molecule has 0 aromatic carbocycles. The number of nitrogens with zero attached hydrogens (tertiary/aromatic N) is 4. The quantitative estimate of drug-likeness (QED) is 0.786. The summed E-state index contributed by atoms with van der Waals surface area (Å²) in [6.07, 6.45) is 3.51. The van der Waals surface area contributed by atoms with E-state index in [1.807, 2.05) is 4.90 Å². The minimum atomic E-state index is -0.0551. The topological polar surface area (TPSA) is 77.0 Å². The van der Waals surface area contributed by atoms with Gasteiger partial charge in [-0.2, -0.15) is 9.90 Å². The van der Waals surface area contributed by atoms with Crippen LogP contribution in [0.1, 0.15) is 30.3 Å². The van der Waals surface area contributed by atoms with Crippen molar-refractivity contribution in [3.05, 3.63) is 11.9 Å². The van der Waals surface area contributed by atoms with Gasteiger partial charge in [0.25, 0.3) is 5.91 Å². The van der Waals surface area contributed by atoms with Gasteiger partial charge >= 0.3 is 0 Å². The Morgan fingerprint density at radius 1 is 1.65 bits per heavy atom. The molecule has 0 radical (unpaired) electrons. The summed E-state index contributed by atoms with van der Waals surface area (Å²) in [4.78, 5) is 15.5. The maximum atomic E-state index is 12.2. The molecule has 0 spiro atoms. The van der Waals surface area contributed by atoms with Crippen molar-refractivity contribution in [3.8, 4) is 0 Å². The van der Waals surface area contributed by atoms with Crippen LogP contribution in [0.5, 0.6) is 0 Å². The van der Waals surface area contributed by atoms with E-state index >= 15 is 0 Å². The third kappa shape index (κ3) is 2.46. The highest BCUT2D eigenvalue weighted by atomic mass is 16.2. The van der Waals surface area contributed by atoms with Crippen molar-refractivity contribution in [2.24, 2.45) is 18.7 Å². The number of aryl methyl sites for hydroxylation is 1. The zero-order valence-electron chi connectivity index (χ0n) is 10.3. The van der Waals surface area contributed by atoms with Gasteiger partial charge in [0.15, 0.2) is 5.69 Å². The maximum Gasteiger partial charge on any atom is 0.276 e. The number of likely N-dealkylation sites (tertiary alicyclic amines) is 1. The Morgan fingerprint density at radius 2 is 2.41 bits per heavy atom. The van der Waals surface area contributed by atoms with E-state index in [1.165, 1.54) is 11.0 Å². The molecule has 6 nitrogen and oxygen atoms in total. The fraction of sp³-hybridized carbons (Fsp3) is 0.727. The summed E-state index contributed by atoms with van der Waals surface area (Å²) < 4.78 is 0. The molecule has 1 aliphatic rings. The van der Waals surface area contributed by atoms with E-state index in [-0.39, 0.29) is 11.9 Å². The predicted molar refractivity (Wildman–Crippen MR) is 63.3 cm³/mol. The summed E-state index contributed by atoms with van der Waals surface area (Å²) in [7, 11) is 1.70. The summed E-state index contributed by atoms with van der Waals surface area (Å²) in [6.45, 7) is 3.47. The lowest BCUT2D eigenvalue weighted by Gasteiger charge is -2.37. The number of hydrogen-bond acceptors (Lipinski definition) is 4. The standard InChI is InChI=1S/C11H19N5O/c1-8-3-4-16(9(5-8)6-12)11(17)10-7-13-15(2)14-10/h7-9H,3-6,12H2,1-2H3. The van der Waals surface area contributed by atoms with Crippen molar-refractivity contribution in [1.29, 1.82) is 0 Å². The van der Waals surface area contributed by atoms with Gasteiger partial charge in [-0.1, -0.05) is 6.92 Å². The second-order valence-electron chi connectivity index (χ2n) is 4.74. The Hall–Kier alpha value is -1.43. The van der Waals surface area contributed by atoms with Gasteiger partial charge in [-0.25, -0.2) is 0 Å². The van der Waals surface area contributed by atoms with Crippen LogP contribution in [0.15, 0.2) is 6.20 Å². The average Bonchev–Trinajstić information content (AvgIpc) is 2.75. The molecule has 94 valence electrons. The fourth-order valence-corrected chi connectivity index (χ4v) is 2.33. The van der Waals surface area contributed by atoms with Crippen molar-refractivity contribution < 1.29 is 4.79 Å². The molecule has 1 aliphatic heterocycles. The van der Waals surface area contributed by atoms with Crippen LogP contribution in [0.2, 0.25) is 0 Å². The van der Waals surface area contributed by atoms with Gasteiger partial charge < -0.3 is 10.6 Å². The molecule has 2 unspecified atom stereocenters. The predicted octanol–water partition coefficient (Wildman–Crippen LogP) is 0.0145. The van der Waals surface area contributed by atoms with Crippen LogP contribution in [0.25, 0.3) is 0 Å². The highest BCUT2D eigenvalue weighted by Gasteiger charge is 2.30. The molecule has 1 fully saturated rings. The second-order valence-corrected chi connectivity index (χ2v) is 4.74. The third-order valence-corrected chi connectivity index (χ3v) is 3.33. The summed E-state index contributed by atoms with van der Waals surface area (Å²) in [6, 6.07) is 0.133. The number of carbonyl (C=O) groups is 1. The number of nitrogens with two attached hydrogens (primary N) is 1. The molecule has 1 aromatic rings. The van der Waals surface area contributed by atoms with Gasteiger partial charge in [-0.15, -0.1) is 5.10 Å². The molecular weight excluding hydrogens is 218 g/mol. The van der Waals surface area contributed by atoms with Crippen molar-refractivity contribution in [1.82, 2.24) is 19.9 Å². The molecular formula is C11H19N5O.